The van der Waals surface area contributed by atoms with Crippen LogP contribution in [0.1, 0.15) is 18.9 Å². The first-order valence-corrected chi connectivity index (χ1v) is 8.31. The molecule has 0 unspecified atom stereocenters. The molecule has 0 aliphatic heterocycles. The van der Waals surface area contributed by atoms with E-state index in [-0.39, 0.29) is 6.03 Å². The Balaban J connectivity index is 1.62. The summed E-state index contributed by atoms with van der Waals surface area (Å²) < 4.78 is 3.57. The molecule has 2 amide bonds. The van der Waals surface area contributed by atoms with E-state index in [9.17, 15) is 4.79 Å². The first-order valence-electron chi connectivity index (χ1n) is 8.31. The molecule has 0 fully saturated rings. The molecule has 2 aromatic heterocycles. The van der Waals surface area contributed by atoms with Gasteiger partial charge in [0.1, 0.15) is 0 Å². The zero-order valence-corrected chi connectivity index (χ0v) is 14.4. The number of carbonyl (C=O) groups excluding carboxylic acids is 1. The number of nitrogens with one attached hydrogen (secondary N) is 2. The average molecular weight is 338 g/mol. The van der Waals surface area contributed by atoms with Crippen LogP contribution in [0.4, 0.5) is 10.5 Å². The van der Waals surface area contributed by atoms with E-state index < -0.39 is 0 Å². The second-order valence-electron chi connectivity index (χ2n) is 5.84. The number of benzene rings is 1. The van der Waals surface area contributed by atoms with Crippen molar-refractivity contribution >= 4 is 11.7 Å². The van der Waals surface area contributed by atoms with Crippen LogP contribution in [0.15, 0.2) is 48.9 Å². The zero-order valence-electron chi connectivity index (χ0n) is 14.4. The highest BCUT2D eigenvalue weighted by atomic mass is 16.2. The van der Waals surface area contributed by atoms with Crippen molar-refractivity contribution in [2.45, 2.75) is 26.4 Å². The lowest BCUT2D eigenvalue weighted by Crippen LogP contribution is -2.28. The normalized spacial score (nSPS) is 10.6. The van der Waals surface area contributed by atoms with Gasteiger partial charge in [0, 0.05) is 43.7 Å². The molecule has 25 heavy (non-hydrogen) atoms. The fraction of sp³-hybridized carbons (Fsp3) is 0.278. The maximum atomic E-state index is 12.1. The minimum Gasteiger partial charge on any atom is -0.334 e. The van der Waals surface area contributed by atoms with Crippen molar-refractivity contribution in [3.05, 3.63) is 54.5 Å². The van der Waals surface area contributed by atoms with Crippen molar-refractivity contribution in [1.82, 2.24) is 24.9 Å². The summed E-state index contributed by atoms with van der Waals surface area (Å²) in [5.74, 6) is 0. The average Bonchev–Trinajstić information content (AvgIpc) is 3.20. The number of urea groups is 1. The summed E-state index contributed by atoms with van der Waals surface area (Å²) >= 11 is 0. The molecule has 0 aliphatic carbocycles. The Morgan fingerprint density at radius 3 is 2.76 bits per heavy atom. The van der Waals surface area contributed by atoms with E-state index in [0.717, 1.165) is 29.8 Å². The van der Waals surface area contributed by atoms with Crippen LogP contribution in [0.5, 0.6) is 0 Å². The molecule has 0 saturated heterocycles. The predicted octanol–water partition coefficient (Wildman–Crippen LogP) is 3.02. The number of carbonyl (C=O) groups is 1. The van der Waals surface area contributed by atoms with Crippen LogP contribution in [0, 0.1) is 0 Å². The van der Waals surface area contributed by atoms with Gasteiger partial charge < -0.3 is 10.6 Å². The van der Waals surface area contributed by atoms with E-state index in [4.69, 9.17) is 0 Å². The van der Waals surface area contributed by atoms with E-state index in [1.807, 2.05) is 54.5 Å². The summed E-state index contributed by atoms with van der Waals surface area (Å²) in [6.07, 6.45) is 6.38. The Morgan fingerprint density at radius 1 is 1.20 bits per heavy atom. The van der Waals surface area contributed by atoms with Crippen LogP contribution in [-0.2, 0) is 20.1 Å². The molecule has 3 aromatic rings. The number of aryl methyl sites for hydroxylation is 2. The molecule has 130 valence electrons. The summed E-state index contributed by atoms with van der Waals surface area (Å²) in [4.78, 5) is 12.1. The van der Waals surface area contributed by atoms with Gasteiger partial charge in [-0.05, 0) is 6.42 Å². The van der Waals surface area contributed by atoms with Gasteiger partial charge in [0.25, 0.3) is 0 Å². The minimum absolute atomic E-state index is 0.265. The monoisotopic (exact) mass is 338 g/mol. The maximum Gasteiger partial charge on any atom is 0.319 e. The molecule has 0 spiro atoms. The van der Waals surface area contributed by atoms with Gasteiger partial charge in [-0.1, -0.05) is 37.3 Å². The van der Waals surface area contributed by atoms with Gasteiger partial charge in [-0.2, -0.15) is 10.2 Å². The van der Waals surface area contributed by atoms with Gasteiger partial charge in [0.05, 0.1) is 17.6 Å². The first kappa shape index (κ1) is 16.8. The van der Waals surface area contributed by atoms with E-state index >= 15 is 0 Å². The van der Waals surface area contributed by atoms with Gasteiger partial charge in [-0.25, -0.2) is 4.79 Å². The Labute approximate surface area is 146 Å². The van der Waals surface area contributed by atoms with Gasteiger partial charge in [0.15, 0.2) is 0 Å². The standard InChI is InChI=1S/C18H22N6O/c1-3-9-24-13-16(11-20-24)21-18(25)19-10-15-12-23(2)22-17(15)14-7-5-4-6-8-14/h4-8,11-13H,3,9-10H2,1-2H3,(H2,19,21,25). The number of hydrogen-bond donors (Lipinski definition) is 2. The Morgan fingerprint density at radius 2 is 2.00 bits per heavy atom. The zero-order chi connectivity index (χ0) is 17.6. The van der Waals surface area contributed by atoms with Crippen molar-refractivity contribution in [2.24, 2.45) is 7.05 Å². The fourth-order valence-electron chi connectivity index (χ4n) is 2.64. The number of amides is 2. The molecule has 0 bridgehead atoms. The Bertz CT molecular complexity index is 836. The van der Waals surface area contributed by atoms with E-state index in [1.165, 1.54) is 0 Å². The second kappa shape index (κ2) is 7.65. The lowest BCUT2D eigenvalue weighted by atomic mass is 10.1. The summed E-state index contributed by atoms with van der Waals surface area (Å²) in [6.45, 7) is 3.31. The molecule has 1 aromatic carbocycles. The number of anilines is 1. The number of hydrogen-bond acceptors (Lipinski definition) is 3. The topological polar surface area (TPSA) is 76.8 Å². The largest absolute Gasteiger partial charge is 0.334 e. The van der Waals surface area contributed by atoms with Crippen LogP contribution in [0.3, 0.4) is 0 Å². The first-order chi connectivity index (χ1) is 12.2. The van der Waals surface area contributed by atoms with Gasteiger partial charge in [-0.3, -0.25) is 9.36 Å². The Hall–Kier alpha value is -3.09. The second-order valence-corrected chi connectivity index (χ2v) is 5.84. The molecule has 2 N–H and O–H groups in total. The van der Waals surface area contributed by atoms with Gasteiger partial charge in [-0.15, -0.1) is 0 Å². The quantitative estimate of drug-likeness (QED) is 0.725. The third-order valence-electron chi connectivity index (χ3n) is 3.74. The molecule has 2 heterocycles. The molecule has 0 radical (unpaired) electrons. The van der Waals surface area contributed by atoms with Crippen LogP contribution < -0.4 is 10.6 Å². The highest BCUT2D eigenvalue weighted by molar-refractivity contribution is 5.88. The molecule has 0 saturated carbocycles. The SMILES string of the molecule is CCCn1cc(NC(=O)NCc2cn(C)nc2-c2ccccc2)cn1. The number of nitrogens with zero attached hydrogens (tertiary/aromatic N) is 4. The van der Waals surface area contributed by atoms with E-state index in [2.05, 4.69) is 27.8 Å². The van der Waals surface area contributed by atoms with Crippen LogP contribution in [0.2, 0.25) is 0 Å². The lowest BCUT2D eigenvalue weighted by molar-refractivity contribution is 0.252. The van der Waals surface area contributed by atoms with Crippen LogP contribution in [0.25, 0.3) is 11.3 Å². The minimum atomic E-state index is -0.265. The highest BCUT2D eigenvalue weighted by Gasteiger charge is 2.11. The van der Waals surface area contributed by atoms with Crippen LogP contribution in [-0.4, -0.2) is 25.6 Å². The molecule has 0 atom stereocenters. The van der Waals surface area contributed by atoms with Gasteiger partial charge in [0.2, 0.25) is 0 Å². The maximum absolute atomic E-state index is 12.1. The van der Waals surface area contributed by atoms with Crippen molar-refractivity contribution in [2.75, 3.05) is 5.32 Å². The summed E-state index contributed by atoms with van der Waals surface area (Å²) in [5.41, 5.74) is 3.55. The molecule has 0 aliphatic rings. The van der Waals surface area contributed by atoms with Crippen molar-refractivity contribution in [1.29, 1.82) is 0 Å². The molecule has 3 rings (SSSR count). The molecule has 7 nitrogen and oxygen atoms in total. The van der Waals surface area contributed by atoms with E-state index in [1.54, 1.807) is 10.9 Å². The summed E-state index contributed by atoms with van der Waals surface area (Å²) in [6, 6.07) is 9.67. The third-order valence-corrected chi connectivity index (χ3v) is 3.74. The van der Waals surface area contributed by atoms with Crippen molar-refractivity contribution < 1.29 is 4.79 Å². The fourth-order valence-corrected chi connectivity index (χ4v) is 2.64. The number of aromatic nitrogens is 4. The van der Waals surface area contributed by atoms with Crippen molar-refractivity contribution in [3.63, 3.8) is 0 Å². The highest BCUT2D eigenvalue weighted by Crippen LogP contribution is 2.21. The molecule has 7 heteroatoms. The van der Waals surface area contributed by atoms with Crippen molar-refractivity contribution in [3.8, 4) is 11.3 Å². The van der Waals surface area contributed by atoms with E-state index in [0.29, 0.717) is 12.2 Å². The van der Waals surface area contributed by atoms with Gasteiger partial charge >= 0.3 is 6.03 Å². The Kier molecular flexibility index (Phi) is 5.13. The summed E-state index contributed by atoms with van der Waals surface area (Å²) in [7, 11) is 1.87. The van der Waals surface area contributed by atoms with Crippen LogP contribution >= 0.6 is 0 Å². The molecular weight excluding hydrogens is 316 g/mol. The predicted molar refractivity (Wildman–Crippen MR) is 97.0 cm³/mol. The smallest absolute Gasteiger partial charge is 0.319 e. The lowest BCUT2D eigenvalue weighted by Gasteiger charge is -2.06. The summed E-state index contributed by atoms with van der Waals surface area (Å²) in [5, 5.41) is 14.4. The number of rotatable bonds is 6. The molecular formula is C18H22N6O. The third kappa shape index (κ3) is 4.26.